The first kappa shape index (κ1) is 28.8. The highest BCUT2D eigenvalue weighted by Gasteiger charge is 2.45. The zero-order chi connectivity index (χ0) is 30.0. The Labute approximate surface area is 251 Å². The highest BCUT2D eigenvalue weighted by atomic mass is 79.9. The molecule has 3 amide bonds. The molecule has 2 unspecified atom stereocenters. The molecule has 5 rings (SSSR count). The number of aliphatic imine (C=N–C) groups is 1. The van der Waals surface area contributed by atoms with Crippen molar-refractivity contribution >= 4 is 39.7 Å². The van der Waals surface area contributed by atoms with Gasteiger partial charge in [0, 0.05) is 17.6 Å². The molecule has 2 aliphatic heterocycles. The Morgan fingerprint density at radius 2 is 1.79 bits per heavy atom. The molecule has 0 radical (unpaired) electrons. The molecule has 1 saturated heterocycles. The maximum absolute atomic E-state index is 14.4. The number of nitrogens with zero attached hydrogens (tertiary/aromatic N) is 4. The van der Waals surface area contributed by atoms with E-state index in [0.29, 0.717) is 41.4 Å². The number of carboxylic acid groups (broad SMARTS) is 1. The first-order valence-corrected chi connectivity index (χ1v) is 14.2. The average molecular weight is 630 g/mol. The van der Waals surface area contributed by atoms with Crippen molar-refractivity contribution in [3.63, 3.8) is 0 Å². The fraction of sp³-hybridized carbons (Fsp3) is 0.258. The number of amidine groups is 1. The Morgan fingerprint density at radius 3 is 2.40 bits per heavy atom. The predicted octanol–water partition coefficient (Wildman–Crippen LogP) is 4.90. The lowest BCUT2D eigenvalue weighted by molar-refractivity contribution is -0.123. The van der Waals surface area contributed by atoms with Crippen LogP contribution in [-0.4, -0.2) is 64.4 Å². The van der Waals surface area contributed by atoms with E-state index in [1.807, 2.05) is 38.1 Å². The van der Waals surface area contributed by atoms with Crippen molar-refractivity contribution in [3.8, 4) is 11.8 Å². The van der Waals surface area contributed by atoms with Crippen molar-refractivity contribution in [1.29, 1.82) is 5.26 Å². The lowest BCUT2D eigenvalue weighted by Crippen LogP contribution is -2.55. The highest BCUT2D eigenvalue weighted by molar-refractivity contribution is 9.10. The van der Waals surface area contributed by atoms with Crippen LogP contribution in [0, 0.1) is 11.3 Å². The molecule has 0 aromatic heterocycles. The molecule has 42 heavy (non-hydrogen) atoms. The number of ether oxygens (including phenoxy) is 1. The summed E-state index contributed by atoms with van der Waals surface area (Å²) in [4.78, 5) is 46.4. The molecule has 1 fully saturated rings. The number of hydrogen-bond acceptors (Lipinski definition) is 6. The van der Waals surface area contributed by atoms with Crippen LogP contribution in [0.4, 0.5) is 4.79 Å². The summed E-state index contributed by atoms with van der Waals surface area (Å²) in [6, 6.07) is 19.5. The van der Waals surface area contributed by atoms with E-state index in [0.717, 1.165) is 10.0 Å². The smallest absolute Gasteiger partial charge is 0.335 e. The Hall–Kier alpha value is -4.69. The number of piperazine rings is 1. The molecule has 2 aliphatic rings. The fourth-order valence-corrected chi connectivity index (χ4v) is 5.36. The Balaban J connectivity index is 1.72. The number of carbonyl (C=O) groups is 3. The normalized spacial score (nSPS) is 18.4. The van der Waals surface area contributed by atoms with Gasteiger partial charge in [-0.2, -0.15) is 5.26 Å². The third-order valence-electron chi connectivity index (χ3n) is 7.01. The summed E-state index contributed by atoms with van der Waals surface area (Å²) in [5, 5.41) is 21.8. The Morgan fingerprint density at radius 1 is 1.10 bits per heavy atom. The minimum atomic E-state index is -1.05. The Bertz CT molecular complexity index is 1600. The molecule has 0 saturated carbocycles. The van der Waals surface area contributed by atoms with E-state index in [4.69, 9.17) is 9.73 Å². The van der Waals surface area contributed by atoms with E-state index in [-0.39, 0.29) is 24.1 Å². The second kappa shape index (κ2) is 12.0. The molecule has 3 aromatic rings. The van der Waals surface area contributed by atoms with Gasteiger partial charge in [0.05, 0.1) is 34.9 Å². The number of nitriles is 1. The molecule has 214 valence electrons. The van der Waals surface area contributed by atoms with Crippen molar-refractivity contribution in [2.45, 2.75) is 32.0 Å². The van der Waals surface area contributed by atoms with Crippen LogP contribution in [0.15, 0.2) is 76.2 Å². The van der Waals surface area contributed by atoms with Gasteiger partial charge in [-0.3, -0.25) is 14.7 Å². The van der Waals surface area contributed by atoms with Crippen LogP contribution >= 0.6 is 15.9 Å². The summed E-state index contributed by atoms with van der Waals surface area (Å²) in [7, 11) is 0. The standard InChI is InChI=1S/C31H28BrN5O5/c1-18(2)42-25-15-19(16-33)3-12-24(25)29-35-27(20-4-6-22(7-5-20)30(39)40)28(21-8-10-23(32)11-9-21)37(29)31(41)36-14-13-34-26(38)17-36/h3-12,15,18,27-28H,13-14,17H2,1-2H3,(H,34,38)(H,39,40). The van der Waals surface area contributed by atoms with Crippen LogP contribution in [0.2, 0.25) is 0 Å². The van der Waals surface area contributed by atoms with E-state index >= 15 is 0 Å². The minimum absolute atomic E-state index is 0.101. The first-order chi connectivity index (χ1) is 20.2. The predicted molar refractivity (Wildman–Crippen MR) is 158 cm³/mol. The number of carbonyl (C=O) groups excluding carboxylic acids is 2. The summed E-state index contributed by atoms with van der Waals surface area (Å²) in [5.41, 5.74) is 2.54. The summed E-state index contributed by atoms with van der Waals surface area (Å²) in [6.45, 7) is 4.28. The van der Waals surface area contributed by atoms with Gasteiger partial charge in [-0.1, -0.05) is 40.2 Å². The van der Waals surface area contributed by atoms with Crippen molar-refractivity contribution in [1.82, 2.24) is 15.1 Å². The summed E-state index contributed by atoms with van der Waals surface area (Å²) >= 11 is 3.48. The molecule has 2 heterocycles. The molecule has 3 aromatic carbocycles. The van der Waals surface area contributed by atoms with Gasteiger partial charge < -0.3 is 20.1 Å². The summed E-state index contributed by atoms with van der Waals surface area (Å²) < 4.78 is 6.97. The van der Waals surface area contributed by atoms with Gasteiger partial charge in [0.2, 0.25) is 5.91 Å². The van der Waals surface area contributed by atoms with Gasteiger partial charge in [0.25, 0.3) is 0 Å². The minimum Gasteiger partial charge on any atom is -0.490 e. The van der Waals surface area contributed by atoms with Crippen LogP contribution in [0.1, 0.15) is 58.5 Å². The topological polar surface area (TPSA) is 135 Å². The van der Waals surface area contributed by atoms with Gasteiger partial charge in [-0.15, -0.1) is 0 Å². The number of benzene rings is 3. The van der Waals surface area contributed by atoms with Gasteiger partial charge in [-0.25, -0.2) is 9.59 Å². The number of nitrogens with one attached hydrogen (secondary N) is 1. The van der Waals surface area contributed by atoms with Crippen LogP contribution in [-0.2, 0) is 4.79 Å². The number of aromatic carboxylic acids is 1. The first-order valence-electron chi connectivity index (χ1n) is 13.4. The Kier molecular flexibility index (Phi) is 8.27. The summed E-state index contributed by atoms with van der Waals surface area (Å²) in [5.74, 6) is -0.579. The maximum atomic E-state index is 14.4. The fourth-order valence-electron chi connectivity index (χ4n) is 5.10. The quantitative estimate of drug-likeness (QED) is 0.398. The van der Waals surface area contributed by atoms with E-state index in [1.54, 1.807) is 35.2 Å². The van der Waals surface area contributed by atoms with E-state index < -0.39 is 24.1 Å². The summed E-state index contributed by atoms with van der Waals surface area (Å²) in [6.07, 6.45) is -0.226. The van der Waals surface area contributed by atoms with Gasteiger partial charge in [-0.05, 0) is 67.4 Å². The number of carboxylic acids is 1. The second-order valence-electron chi connectivity index (χ2n) is 10.2. The number of amides is 3. The van der Waals surface area contributed by atoms with Crippen LogP contribution < -0.4 is 10.1 Å². The van der Waals surface area contributed by atoms with Crippen LogP contribution in [0.25, 0.3) is 0 Å². The molecule has 2 N–H and O–H groups in total. The molecular formula is C31H28BrN5O5. The van der Waals surface area contributed by atoms with Gasteiger partial charge in [0.1, 0.15) is 24.2 Å². The molecule has 11 heteroatoms. The van der Waals surface area contributed by atoms with E-state index in [2.05, 4.69) is 27.3 Å². The second-order valence-corrected chi connectivity index (χ2v) is 11.2. The van der Waals surface area contributed by atoms with Crippen molar-refractivity contribution in [3.05, 3.63) is 99.0 Å². The third kappa shape index (κ3) is 5.85. The monoisotopic (exact) mass is 629 g/mol. The van der Waals surface area contributed by atoms with Crippen molar-refractivity contribution in [2.24, 2.45) is 4.99 Å². The SMILES string of the molecule is CC(C)Oc1cc(C#N)ccc1C1=NC(c2ccc(C(=O)O)cc2)C(c2ccc(Br)cc2)N1C(=O)N1CCNC(=O)C1. The zero-order valence-electron chi connectivity index (χ0n) is 23.0. The van der Waals surface area contributed by atoms with E-state index in [9.17, 15) is 24.8 Å². The van der Waals surface area contributed by atoms with Crippen molar-refractivity contribution in [2.75, 3.05) is 19.6 Å². The van der Waals surface area contributed by atoms with Gasteiger partial charge >= 0.3 is 12.0 Å². The van der Waals surface area contributed by atoms with Gasteiger partial charge in [0.15, 0.2) is 0 Å². The molecular weight excluding hydrogens is 602 g/mol. The molecule has 0 bridgehead atoms. The lowest BCUT2D eigenvalue weighted by atomic mass is 9.93. The molecule has 10 nitrogen and oxygen atoms in total. The molecule has 0 aliphatic carbocycles. The third-order valence-corrected chi connectivity index (χ3v) is 7.54. The molecule has 0 spiro atoms. The highest BCUT2D eigenvalue weighted by Crippen LogP contribution is 2.45. The molecule has 2 atom stereocenters. The maximum Gasteiger partial charge on any atom is 0.335 e. The van der Waals surface area contributed by atoms with Crippen LogP contribution in [0.3, 0.4) is 0 Å². The lowest BCUT2D eigenvalue weighted by Gasteiger charge is -2.36. The largest absolute Gasteiger partial charge is 0.490 e. The zero-order valence-corrected chi connectivity index (χ0v) is 24.5. The number of hydrogen-bond donors (Lipinski definition) is 2. The number of rotatable bonds is 6. The number of halogens is 1. The van der Waals surface area contributed by atoms with Crippen molar-refractivity contribution < 1.29 is 24.2 Å². The van der Waals surface area contributed by atoms with E-state index in [1.165, 1.54) is 17.0 Å². The van der Waals surface area contributed by atoms with Crippen LogP contribution in [0.5, 0.6) is 5.75 Å². The number of urea groups is 1. The average Bonchev–Trinajstić information content (AvgIpc) is 3.37.